The number of hydrogen-bond donors (Lipinski definition) is 3. The molecule has 1 aliphatic heterocycles. The Morgan fingerprint density at radius 1 is 0.971 bits per heavy atom. The number of amides is 4. The highest BCUT2D eigenvalue weighted by atomic mass is 16.2. The second-order valence-corrected chi connectivity index (χ2v) is 8.64. The predicted molar refractivity (Wildman–Crippen MR) is 130 cm³/mol. The monoisotopic (exact) mass is 457 g/mol. The highest BCUT2D eigenvalue weighted by Crippen LogP contribution is 2.38. The quantitative estimate of drug-likeness (QED) is 0.272. The van der Waals surface area contributed by atoms with Gasteiger partial charge in [0.15, 0.2) is 0 Å². The molecule has 3 aromatic carbocycles. The van der Waals surface area contributed by atoms with E-state index in [1.807, 2.05) is 60.7 Å². The number of nitrogens with two attached hydrogens (primary N) is 2. The van der Waals surface area contributed by atoms with Crippen molar-refractivity contribution in [3.63, 3.8) is 0 Å². The summed E-state index contributed by atoms with van der Waals surface area (Å²) in [6, 6.07) is 20.0. The molecular weight excluding hydrogens is 430 g/mol. The summed E-state index contributed by atoms with van der Waals surface area (Å²) in [5.41, 5.74) is 11.8. The zero-order valence-electron chi connectivity index (χ0n) is 19.0. The minimum absolute atomic E-state index is 0.0255. The number of amidine groups is 1. The maximum absolute atomic E-state index is 13.7. The van der Waals surface area contributed by atoms with Gasteiger partial charge in [0, 0.05) is 18.5 Å². The minimum atomic E-state index is -1.19. The summed E-state index contributed by atoms with van der Waals surface area (Å²) in [7, 11) is 0. The molecule has 0 radical (unpaired) electrons. The summed E-state index contributed by atoms with van der Waals surface area (Å²) >= 11 is 0. The van der Waals surface area contributed by atoms with E-state index < -0.39 is 17.5 Å². The fraction of sp³-hybridized carbons (Fsp3) is 0.231. The van der Waals surface area contributed by atoms with Crippen molar-refractivity contribution in [2.75, 3.05) is 6.54 Å². The number of imide groups is 1. The van der Waals surface area contributed by atoms with Crippen LogP contribution in [0.3, 0.4) is 0 Å². The normalized spacial score (nSPS) is 18.0. The third-order valence-electron chi connectivity index (χ3n) is 6.36. The molecule has 0 aliphatic carbocycles. The molecule has 0 aromatic heterocycles. The molecular formula is C26H27N5O3. The van der Waals surface area contributed by atoms with Gasteiger partial charge in [-0.2, -0.15) is 0 Å². The van der Waals surface area contributed by atoms with Gasteiger partial charge in [-0.1, -0.05) is 54.6 Å². The molecule has 4 rings (SSSR count). The maximum Gasteiger partial charge on any atom is 0.328 e. The molecule has 1 aliphatic rings. The fourth-order valence-electron chi connectivity index (χ4n) is 4.46. The van der Waals surface area contributed by atoms with E-state index in [4.69, 9.17) is 16.9 Å². The number of primary amides is 1. The van der Waals surface area contributed by atoms with Crippen molar-refractivity contribution in [1.82, 2.24) is 9.80 Å². The fourth-order valence-corrected chi connectivity index (χ4v) is 4.46. The molecule has 1 saturated heterocycles. The number of nitrogens with one attached hydrogen (secondary N) is 1. The van der Waals surface area contributed by atoms with Crippen molar-refractivity contribution >= 4 is 34.5 Å². The first kappa shape index (κ1) is 23.0. The Labute approximate surface area is 197 Å². The molecule has 0 spiro atoms. The van der Waals surface area contributed by atoms with E-state index in [1.54, 1.807) is 13.0 Å². The number of urea groups is 1. The number of nitrogens with zero attached hydrogens (tertiary/aromatic N) is 2. The van der Waals surface area contributed by atoms with Crippen LogP contribution in [0.25, 0.3) is 10.8 Å². The molecule has 5 N–H and O–H groups in total. The van der Waals surface area contributed by atoms with Gasteiger partial charge in [-0.15, -0.1) is 0 Å². The molecule has 0 saturated carbocycles. The van der Waals surface area contributed by atoms with Crippen molar-refractivity contribution < 1.29 is 14.4 Å². The Kier molecular flexibility index (Phi) is 6.06. The molecule has 1 fully saturated rings. The Hall–Kier alpha value is -4.20. The average molecular weight is 458 g/mol. The van der Waals surface area contributed by atoms with Crippen molar-refractivity contribution in [3.05, 3.63) is 83.4 Å². The lowest BCUT2D eigenvalue weighted by molar-refractivity contribution is -0.133. The van der Waals surface area contributed by atoms with E-state index in [0.29, 0.717) is 17.5 Å². The van der Waals surface area contributed by atoms with Gasteiger partial charge in [0.1, 0.15) is 11.4 Å². The first-order valence-corrected chi connectivity index (χ1v) is 11.1. The van der Waals surface area contributed by atoms with Crippen LogP contribution in [0.4, 0.5) is 4.79 Å². The average Bonchev–Trinajstić information content (AvgIpc) is 3.00. The van der Waals surface area contributed by atoms with E-state index in [-0.39, 0.29) is 31.3 Å². The largest absolute Gasteiger partial charge is 0.384 e. The molecule has 4 amide bonds. The SMILES string of the molecule is CC1(c2ccccc2)C(=O)N(Cc2ccc3ccc(C(=N)N)cc3c2)C(=O)N1CCCC(N)=O. The van der Waals surface area contributed by atoms with Gasteiger partial charge in [0.2, 0.25) is 5.91 Å². The lowest BCUT2D eigenvalue weighted by Crippen LogP contribution is -2.45. The molecule has 1 heterocycles. The number of benzene rings is 3. The van der Waals surface area contributed by atoms with E-state index in [1.165, 1.54) is 9.80 Å². The highest BCUT2D eigenvalue weighted by molar-refractivity contribution is 6.07. The van der Waals surface area contributed by atoms with Crippen LogP contribution in [0.15, 0.2) is 66.7 Å². The summed E-state index contributed by atoms with van der Waals surface area (Å²) in [6.07, 6.45) is 0.500. The Balaban J connectivity index is 1.67. The van der Waals surface area contributed by atoms with Crippen molar-refractivity contribution in [2.24, 2.45) is 11.5 Å². The summed E-state index contributed by atoms with van der Waals surface area (Å²) in [6.45, 7) is 2.08. The molecule has 0 bridgehead atoms. The van der Waals surface area contributed by atoms with Gasteiger partial charge in [0.05, 0.1) is 6.54 Å². The second kappa shape index (κ2) is 8.97. The molecule has 1 unspecified atom stereocenters. The Morgan fingerprint density at radius 3 is 2.35 bits per heavy atom. The number of carbonyl (C=O) groups excluding carboxylic acids is 3. The van der Waals surface area contributed by atoms with Gasteiger partial charge in [-0.25, -0.2) is 4.79 Å². The number of hydrogen-bond acceptors (Lipinski definition) is 4. The maximum atomic E-state index is 13.7. The zero-order chi connectivity index (χ0) is 24.5. The van der Waals surface area contributed by atoms with E-state index in [9.17, 15) is 14.4 Å². The highest BCUT2D eigenvalue weighted by Gasteiger charge is 2.54. The number of rotatable bonds is 8. The molecule has 3 aromatic rings. The predicted octanol–water partition coefficient (Wildman–Crippen LogP) is 3.07. The zero-order valence-corrected chi connectivity index (χ0v) is 19.0. The second-order valence-electron chi connectivity index (χ2n) is 8.64. The molecule has 8 nitrogen and oxygen atoms in total. The van der Waals surface area contributed by atoms with Crippen LogP contribution in [0, 0.1) is 5.41 Å². The molecule has 34 heavy (non-hydrogen) atoms. The minimum Gasteiger partial charge on any atom is -0.384 e. The van der Waals surface area contributed by atoms with Crippen LogP contribution < -0.4 is 11.5 Å². The van der Waals surface area contributed by atoms with Crippen molar-refractivity contribution in [2.45, 2.75) is 31.8 Å². The summed E-state index contributed by atoms with van der Waals surface area (Å²) < 4.78 is 0. The smallest absolute Gasteiger partial charge is 0.328 e. The van der Waals surface area contributed by atoms with Gasteiger partial charge in [-0.05, 0) is 47.4 Å². The lowest BCUT2D eigenvalue weighted by Gasteiger charge is -2.32. The topological polar surface area (TPSA) is 134 Å². The van der Waals surface area contributed by atoms with Gasteiger partial charge in [0.25, 0.3) is 5.91 Å². The van der Waals surface area contributed by atoms with Crippen molar-refractivity contribution in [3.8, 4) is 0 Å². The standard InChI is InChI=1S/C26H27N5O3/c1-26(21-6-3-2-4-7-21)24(33)30(25(34)31(26)13-5-8-22(27)32)16-17-9-10-18-11-12-19(23(28)29)15-20(18)14-17/h2-4,6-7,9-12,14-15H,5,8,13,16H2,1H3,(H2,27,32)(H3,28,29). The summed E-state index contributed by atoms with van der Waals surface area (Å²) in [5, 5.41) is 9.51. The third-order valence-corrected chi connectivity index (χ3v) is 6.36. The van der Waals surface area contributed by atoms with E-state index in [0.717, 1.165) is 16.3 Å². The van der Waals surface area contributed by atoms with Crippen molar-refractivity contribution in [1.29, 1.82) is 5.41 Å². The van der Waals surface area contributed by atoms with Gasteiger partial charge in [-0.3, -0.25) is 19.9 Å². The number of carbonyl (C=O) groups is 3. The van der Waals surface area contributed by atoms with Crippen LogP contribution >= 0.6 is 0 Å². The van der Waals surface area contributed by atoms with Crippen LogP contribution in [0.5, 0.6) is 0 Å². The first-order chi connectivity index (χ1) is 16.2. The van der Waals surface area contributed by atoms with Crippen LogP contribution in [-0.2, 0) is 21.7 Å². The van der Waals surface area contributed by atoms with Gasteiger partial charge < -0.3 is 16.4 Å². The van der Waals surface area contributed by atoms with Gasteiger partial charge >= 0.3 is 6.03 Å². The van der Waals surface area contributed by atoms with E-state index in [2.05, 4.69) is 0 Å². The third kappa shape index (κ3) is 4.10. The number of fused-ring (bicyclic) bond motifs is 1. The molecule has 174 valence electrons. The number of nitrogen functional groups attached to an aromatic ring is 1. The summed E-state index contributed by atoms with van der Waals surface area (Å²) in [5.74, 6) is -0.792. The Bertz CT molecular complexity index is 1290. The van der Waals surface area contributed by atoms with Crippen LogP contribution in [0.2, 0.25) is 0 Å². The van der Waals surface area contributed by atoms with Crippen LogP contribution in [-0.4, -0.2) is 40.0 Å². The lowest BCUT2D eigenvalue weighted by atomic mass is 9.90. The van der Waals surface area contributed by atoms with Crippen LogP contribution in [0.1, 0.15) is 36.5 Å². The molecule has 1 atom stereocenters. The molecule has 8 heteroatoms. The first-order valence-electron chi connectivity index (χ1n) is 11.1. The Morgan fingerprint density at radius 2 is 1.68 bits per heavy atom. The van der Waals surface area contributed by atoms with E-state index >= 15 is 0 Å². The summed E-state index contributed by atoms with van der Waals surface area (Å²) in [4.78, 5) is 41.2.